The summed E-state index contributed by atoms with van der Waals surface area (Å²) in [6, 6.07) is 13.0. The Hall–Kier alpha value is -1.38. The summed E-state index contributed by atoms with van der Waals surface area (Å²) in [6.07, 6.45) is 0.817. The van der Waals surface area contributed by atoms with E-state index < -0.39 is 0 Å². The molecule has 2 unspecified atom stereocenters. The van der Waals surface area contributed by atoms with E-state index in [0.717, 1.165) is 6.42 Å². The molecule has 17 heavy (non-hydrogen) atoms. The molecule has 2 rings (SSSR count). The van der Waals surface area contributed by atoms with Gasteiger partial charge in [0.15, 0.2) is 0 Å². The number of hydrogen-bond donors (Lipinski definition) is 2. The van der Waals surface area contributed by atoms with E-state index in [1.54, 1.807) is 0 Å². The number of aryl methyl sites for hydroxylation is 1. The summed E-state index contributed by atoms with van der Waals surface area (Å²) in [5.41, 5.74) is 14.4. The van der Waals surface area contributed by atoms with Gasteiger partial charge in [-0.3, -0.25) is 0 Å². The van der Waals surface area contributed by atoms with Crippen LogP contribution in [-0.2, 0) is 0 Å². The third kappa shape index (κ3) is 2.84. The molecule has 0 radical (unpaired) electrons. The van der Waals surface area contributed by atoms with Gasteiger partial charge in [0.05, 0.1) is 0 Å². The first-order valence-electron chi connectivity index (χ1n) is 6.08. The van der Waals surface area contributed by atoms with Crippen molar-refractivity contribution in [1.82, 2.24) is 0 Å². The highest BCUT2D eigenvalue weighted by Crippen LogP contribution is 2.22. The van der Waals surface area contributed by atoms with Gasteiger partial charge in [0.25, 0.3) is 0 Å². The van der Waals surface area contributed by atoms with Crippen molar-refractivity contribution in [1.29, 1.82) is 0 Å². The van der Waals surface area contributed by atoms with E-state index in [1.165, 1.54) is 21.9 Å². The Balaban J connectivity index is 2.34. The van der Waals surface area contributed by atoms with Crippen LogP contribution < -0.4 is 11.5 Å². The van der Waals surface area contributed by atoms with Crippen LogP contribution in [0.5, 0.6) is 0 Å². The maximum Gasteiger partial charge on any atom is 0.0309 e. The average Bonchev–Trinajstić information content (AvgIpc) is 2.27. The largest absolute Gasteiger partial charge is 0.328 e. The third-order valence-corrected chi connectivity index (χ3v) is 3.07. The Bertz CT molecular complexity index is 517. The second-order valence-corrected chi connectivity index (χ2v) is 4.93. The fraction of sp³-hybridized carbons (Fsp3) is 0.333. The van der Waals surface area contributed by atoms with Crippen LogP contribution in [0.4, 0.5) is 0 Å². The summed E-state index contributed by atoms with van der Waals surface area (Å²) in [7, 11) is 0. The van der Waals surface area contributed by atoms with Crippen LogP contribution in [-0.4, -0.2) is 6.04 Å². The molecule has 0 aliphatic rings. The van der Waals surface area contributed by atoms with Crippen LogP contribution in [0.3, 0.4) is 0 Å². The Labute approximate surface area is 103 Å². The van der Waals surface area contributed by atoms with E-state index in [-0.39, 0.29) is 12.1 Å². The van der Waals surface area contributed by atoms with Gasteiger partial charge in [-0.2, -0.15) is 0 Å². The van der Waals surface area contributed by atoms with Gasteiger partial charge in [0.2, 0.25) is 0 Å². The molecule has 2 nitrogen and oxygen atoms in total. The van der Waals surface area contributed by atoms with E-state index in [4.69, 9.17) is 11.5 Å². The average molecular weight is 228 g/mol. The molecule has 2 atom stereocenters. The Morgan fingerprint density at radius 3 is 2.35 bits per heavy atom. The lowest BCUT2D eigenvalue weighted by Crippen LogP contribution is -2.23. The zero-order valence-corrected chi connectivity index (χ0v) is 10.5. The van der Waals surface area contributed by atoms with E-state index in [2.05, 4.69) is 43.3 Å². The number of rotatable bonds is 3. The van der Waals surface area contributed by atoms with E-state index in [0.29, 0.717) is 0 Å². The topological polar surface area (TPSA) is 52.0 Å². The molecule has 0 bridgehead atoms. The van der Waals surface area contributed by atoms with Crippen LogP contribution in [0.25, 0.3) is 10.8 Å². The molecule has 2 aromatic rings. The van der Waals surface area contributed by atoms with Gasteiger partial charge in [-0.1, -0.05) is 35.9 Å². The summed E-state index contributed by atoms with van der Waals surface area (Å²) in [6.45, 7) is 4.10. The second kappa shape index (κ2) is 4.86. The maximum absolute atomic E-state index is 6.14. The van der Waals surface area contributed by atoms with E-state index in [9.17, 15) is 0 Å². The maximum atomic E-state index is 6.14. The molecular formula is C15H20N2. The molecule has 0 amide bonds. The molecule has 0 spiro atoms. The molecule has 0 saturated carbocycles. The molecule has 0 heterocycles. The summed E-state index contributed by atoms with van der Waals surface area (Å²) in [4.78, 5) is 0. The summed E-state index contributed by atoms with van der Waals surface area (Å²) < 4.78 is 0. The van der Waals surface area contributed by atoms with Crippen molar-refractivity contribution in [3.05, 3.63) is 47.5 Å². The Morgan fingerprint density at radius 1 is 1.00 bits per heavy atom. The minimum absolute atomic E-state index is 0.0284. The number of hydrogen-bond acceptors (Lipinski definition) is 2. The van der Waals surface area contributed by atoms with Crippen molar-refractivity contribution in [2.45, 2.75) is 32.4 Å². The highest BCUT2D eigenvalue weighted by atomic mass is 14.7. The lowest BCUT2D eigenvalue weighted by atomic mass is 9.97. The second-order valence-electron chi connectivity index (χ2n) is 4.93. The monoisotopic (exact) mass is 228 g/mol. The fourth-order valence-electron chi connectivity index (χ4n) is 2.15. The molecule has 90 valence electrons. The van der Waals surface area contributed by atoms with Crippen molar-refractivity contribution in [2.24, 2.45) is 11.5 Å². The van der Waals surface area contributed by atoms with Crippen LogP contribution >= 0.6 is 0 Å². The Morgan fingerprint density at radius 2 is 1.65 bits per heavy atom. The first kappa shape index (κ1) is 12.1. The quantitative estimate of drug-likeness (QED) is 0.848. The van der Waals surface area contributed by atoms with Crippen molar-refractivity contribution in [2.75, 3.05) is 0 Å². The molecule has 2 heteroatoms. The molecule has 0 saturated heterocycles. The smallest absolute Gasteiger partial charge is 0.0309 e. The third-order valence-electron chi connectivity index (χ3n) is 3.07. The minimum atomic E-state index is 0.0284. The first-order valence-corrected chi connectivity index (χ1v) is 6.08. The van der Waals surface area contributed by atoms with Crippen LogP contribution in [0.1, 0.15) is 30.5 Å². The van der Waals surface area contributed by atoms with Crippen molar-refractivity contribution < 1.29 is 0 Å². The number of nitrogens with two attached hydrogens (primary N) is 2. The molecule has 0 aliphatic heterocycles. The van der Waals surface area contributed by atoms with Crippen LogP contribution in [0.2, 0.25) is 0 Å². The number of benzene rings is 2. The van der Waals surface area contributed by atoms with Crippen molar-refractivity contribution >= 4 is 10.8 Å². The van der Waals surface area contributed by atoms with E-state index in [1.807, 2.05) is 6.92 Å². The highest BCUT2D eigenvalue weighted by molar-refractivity contribution is 5.83. The lowest BCUT2D eigenvalue weighted by molar-refractivity contribution is 0.569. The predicted molar refractivity (Wildman–Crippen MR) is 73.9 cm³/mol. The molecule has 0 fully saturated rings. The van der Waals surface area contributed by atoms with Crippen LogP contribution in [0.15, 0.2) is 36.4 Å². The number of fused-ring (bicyclic) bond motifs is 1. The first-order chi connectivity index (χ1) is 8.06. The predicted octanol–water partition coefficient (Wildman–Crippen LogP) is 2.89. The van der Waals surface area contributed by atoms with Crippen molar-refractivity contribution in [3.63, 3.8) is 0 Å². The fourth-order valence-corrected chi connectivity index (χ4v) is 2.15. The molecule has 0 aliphatic carbocycles. The SMILES string of the molecule is Cc1ccc2cc(C(N)CC(C)N)ccc2c1. The van der Waals surface area contributed by atoms with Gasteiger partial charge in [-0.15, -0.1) is 0 Å². The van der Waals surface area contributed by atoms with Crippen LogP contribution in [0, 0.1) is 6.92 Å². The highest BCUT2D eigenvalue weighted by Gasteiger charge is 2.08. The minimum Gasteiger partial charge on any atom is -0.328 e. The zero-order valence-electron chi connectivity index (χ0n) is 10.5. The van der Waals surface area contributed by atoms with Gasteiger partial charge < -0.3 is 11.5 Å². The summed E-state index contributed by atoms with van der Waals surface area (Å²) in [5.74, 6) is 0. The summed E-state index contributed by atoms with van der Waals surface area (Å²) in [5, 5.41) is 2.51. The van der Waals surface area contributed by atoms with Crippen molar-refractivity contribution in [3.8, 4) is 0 Å². The molecule has 0 aromatic heterocycles. The standard InChI is InChI=1S/C15H20N2/c1-10-3-4-13-9-14(6-5-12(13)7-10)15(17)8-11(2)16/h3-7,9,11,15H,8,16-17H2,1-2H3. The summed E-state index contributed by atoms with van der Waals surface area (Å²) >= 11 is 0. The normalized spacial score (nSPS) is 14.8. The van der Waals surface area contributed by atoms with Gasteiger partial charge in [0.1, 0.15) is 0 Å². The Kier molecular flexibility index (Phi) is 3.46. The van der Waals surface area contributed by atoms with Gasteiger partial charge in [-0.25, -0.2) is 0 Å². The zero-order chi connectivity index (χ0) is 12.4. The molecule has 4 N–H and O–H groups in total. The van der Waals surface area contributed by atoms with Gasteiger partial charge in [0, 0.05) is 12.1 Å². The van der Waals surface area contributed by atoms with Gasteiger partial charge >= 0.3 is 0 Å². The van der Waals surface area contributed by atoms with Gasteiger partial charge in [-0.05, 0) is 42.7 Å². The lowest BCUT2D eigenvalue weighted by Gasteiger charge is -2.15. The van der Waals surface area contributed by atoms with E-state index >= 15 is 0 Å². The molecule has 2 aromatic carbocycles. The molecular weight excluding hydrogens is 208 g/mol.